The summed E-state index contributed by atoms with van der Waals surface area (Å²) >= 11 is 0. The van der Waals surface area contributed by atoms with Crippen molar-refractivity contribution in [2.45, 2.75) is 32.3 Å². The predicted molar refractivity (Wildman–Crippen MR) is 74.4 cm³/mol. The van der Waals surface area contributed by atoms with Crippen molar-refractivity contribution in [3.05, 3.63) is 29.8 Å². The van der Waals surface area contributed by atoms with E-state index in [1.54, 1.807) is 18.2 Å². The van der Waals surface area contributed by atoms with Gasteiger partial charge in [-0.1, -0.05) is 19.1 Å². The molecule has 0 fully saturated rings. The van der Waals surface area contributed by atoms with Gasteiger partial charge >= 0.3 is 18.4 Å². The zero-order valence-corrected chi connectivity index (χ0v) is 12.0. The smallest absolute Gasteiger partial charge is 0.330 e. The lowest BCUT2D eigenvalue weighted by Crippen LogP contribution is -2.32. The van der Waals surface area contributed by atoms with Crippen LogP contribution in [0.4, 0.5) is 28.0 Å². The molecule has 0 aromatic heterocycles. The van der Waals surface area contributed by atoms with Gasteiger partial charge in [0.2, 0.25) is 0 Å². The molecule has 22 heavy (non-hydrogen) atoms. The molecule has 4 nitrogen and oxygen atoms in total. The molecule has 0 atom stereocenters. The number of urea groups is 1. The predicted octanol–water partition coefficient (Wildman–Crippen LogP) is 3.64. The van der Waals surface area contributed by atoms with E-state index in [4.69, 9.17) is 0 Å². The van der Waals surface area contributed by atoms with Gasteiger partial charge in [-0.25, -0.2) is 13.6 Å². The van der Waals surface area contributed by atoms with E-state index < -0.39 is 19.0 Å². The van der Waals surface area contributed by atoms with Crippen molar-refractivity contribution in [1.29, 1.82) is 0 Å². The van der Waals surface area contributed by atoms with Crippen LogP contribution in [0.2, 0.25) is 0 Å². The Morgan fingerprint density at radius 3 is 2.73 bits per heavy atom. The summed E-state index contributed by atoms with van der Waals surface area (Å²) < 4.78 is 53.9. The third-order valence-electron chi connectivity index (χ3n) is 2.60. The molecule has 1 rings (SSSR count). The van der Waals surface area contributed by atoms with Crippen LogP contribution in [0.5, 0.6) is 0 Å². The average Bonchev–Trinajstić information content (AvgIpc) is 2.45. The monoisotopic (exact) mass is 322 g/mol. The number of benzene rings is 1. The maximum atomic E-state index is 12.7. The molecule has 0 radical (unpaired) electrons. The van der Waals surface area contributed by atoms with Gasteiger partial charge in [0, 0.05) is 12.2 Å². The molecular weight excluding hydrogens is 304 g/mol. The molecule has 1 aromatic rings. The lowest BCUT2D eigenvalue weighted by atomic mass is 10.2. The zero-order valence-electron chi connectivity index (χ0n) is 12.0. The second-order valence-electron chi connectivity index (χ2n) is 4.64. The standard InChI is InChI=1S/C14H18F4N2O2/c1-2-6-19-13(21)20-11-5-3-4-10(7-11)8-22-9-14(17,18)12(15)16/h3-5,7,12H,2,6,8-9H2,1H3,(H2,19,20,21). The van der Waals surface area contributed by atoms with Crippen molar-refractivity contribution >= 4 is 11.7 Å². The Hall–Kier alpha value is -1.83. The molecule has 0 unspecified atom stereocenters. The van der Waals surface area contributed by atoms with Gasteiger partial charge in [-0.2, -0.15) is 8.78 Å². The van der Waals surface area contributed by atoms with Crippen molar-refractivity contribution in [3.63, 3.8) is 0 Å². The minimum Gasteiger partial charge on any atom is -0.370 e. The SMILES string of the molecule is CCCNC(=O)Nc1cccc(COCC(F)(F)C(F)F)c1. The van der Waals surface area contributed by atoms with E-state index in [1.165, 1.54) is 6.07 Å². The number of ether oxygens (including phenoxy) is 1. The van der Waals surface area contributed by atoms with E-state index in [2.05, 4.69) is 15.4 Å². The molecule has 0 bridgehead atoms. The van der Waals surface area contributed by atoms with Gasteiger partial charge in [0.05, 0.1) is 6.61 Å². The van der Waals surface area contributed by atoms with Gasteiger partial charge in [-0.3, -0.25) is 0 Å². The number of hydrogen-bond donors (Lipinski definition) is 2. The summed E-state index contributed by atoms with van der Waals surface area (Å²) in [4.78, 5) is 11.5. The van der Waals surface area contributed by atoms with Crippen LogP contribution in [0.25, 0.3) is 0 Å². The molecule has 0 spiro atoms. The second kappa shape index (κ2) is 8.57. The van der Waals surface area contributed by atoms with Gasteiger partial charge in [-0.05, 0) is 24.1 Å². The summed E-state index contributed by atoms with van der Waals surface area (Å²) in [6.07, 6.45) is -2.97. The fraction of sp³-hybridized carbons (Fsp3) is 0.500. The van der Waals surface area contributed by atoms with Crippen LogP contribution in [-0.4, -0.2) is 31.5 Å². The van der Waals surface area contributed by atoms with Gasteiger partial charge in [-0.15, -0.1) is 0 Å². The Morgan fingerprint density at radius 1 is 1.36 bits per heavy atom. The highest BCUT2D eigenvalue weighted by Crippen LogP contribution is 2.23. The number of hydrogen-bond acceptors (Lipinski definition) is 2. The Morgan fingerprint density at radius 2 is 2.09 bits per heavy atom. The van der Waals surface area contributed by atoms with E-state index in [1.807, 2.05) is 6.92 Å². The Balaban J connectivity index is 2.49. The molecule has 8 heteroatoms. The van der Waals surface area contributed by atoms with Crippen LogP contribution in [0.1, 0.15) is 18.9 Å². The Kier molecular flexibility index (Phi) is 7.10. The molecule has 0 saturated carbocycles. The number of nitrogens with one attached hydrogen (secondary N) is 2. The fourth-order valence-electron chi connectivity index (χ4n) is 1.52. The van der Waals surface area contributed by atoms with E-state index in [0.29, 0.717) is 17.8 Å². The number of halogens is 4. The van der Waals surface area contributed by atoms with Crippen molar-refractivity contribution in [3.8, 4) is 0 Å². The van der Waals surface area contributed by atoms with Gasteiger partial charge in [0.15, 0.2) is 0 Å². The first-order chi connectivity index (χ1) is 10.3. The highest BCUT2D eigenvalue weighted by molar-refractivity contribution is 5.89. The number of alkyl halides is 4. The van der Waals surface area contributed by atoms with Gasteiger partial charge < -0.3 is 15.4 Å². The molecule has 0 aliphatic carbocycles. The van der Waals surface area contributed by atoms with Crippen LogP contribution in [0.15, 0.2) is 24.3 Å². The largest absolute Gasteiger partial charge is 0.370 e. The first-order valence-electron chi connectivity index (χ1n) is 6.72. The number of carbonyl (C=O) groups is 1. The molecule has 0 heterocycles. The molecule has 124 valence electrons. The maximum Gasteiger partial charge on any atom is 0.330 e. The number of amides is 2. The molecule has 0 aliphatic rings. The van der Waals surface area contributed by atoms with Crippen molar-refractivity contribution < 1.29 is 27.1 Å². The van der Waals surface area contributed by atoms with Crippen LogP contribution in [-0.2, 0) is 11.3 Å². The normalized spacial score (nSPS) is 11.5. The van der Waals surface area contributed by atoms with Crippen molar-refractivity contribution in [2.24, 2.45) is 0 Å². The molecule has 2 N–H and O–H groups in total. The highest BCUT2D eigenvalue weighted by Gasteiger charge is 2.40. The fourth-order valence-corrected chi connectivity index (χ4v) is 1.52. The minimum absolute atomic E-state index is 0.256. The summed E-state index contributed by atoms with van der Waals surface area (Å²) in [7, 11) is 0. The molecule has 1 aromatic carbocycles. The van der Waals surface area contributed by atoms with Gasteiger partial charge in [0.1, 0.15) is 6.61 Å². The van der Waals surface area contributed by atoms with Gasteiger partial charge in [0.25, 0.3) is 0 Å². The lowest BCUT2D eigenvalue weighted by molar-refractivity contribution is -0.168. The Bertz CT molecular complexity index is 484. The number of rotatable bonds is 8. The van der Waals surface area contributed by atoms with Crippen LogP contribution >= 0.6 is 0 Å². The second-order valence-corrected chi connectivity index (χ2v) is 4.64. The van der Waals surface area contributed by atoms with E-state index in [9.17, 15) is 22.4 Å². The first kappa shape index (κ1) is 18.2. The first-order valence-corrected chi connectivity index (χ1v) is 6.72. The van der Waals surface area contributed by atoms with Crippen LogP contribution in [0, 0.1) is 0 Å². The van der Waals surface area contributed by atoms with Crippen molar-refractivity contribution in [2.75, 3.05) is 18.5 Å². The molecular formula is C14H18F4N2O2. The summed E-state index contributed by atoms with van der Waals surface area (Å²) in [5.74, 6) is -4.17. The average molecular weight is 322 g/mol. The maximum absolute atomic E-state index is 12.7. The Labute approximate surface area is 125 Å². The highest BCUT2D eigenvalue weighted by atomic mass is 19.3. The molecule has 0 saturated heterocycles. The third-order valence-corrected chi connectivity index (χ3v) is 2.60. The minimum atomic E-state index is -4.17. The number of carbonyl (C=O) groups excluding carboxylic acids is 1. The third kappa shape index (κ3) is 6.30. The van der Waals surface area contributed by atoms with Crippen LogP contribution < -0.4 is 10.6 Å². The topological polar surface area (TPSA) is 50.4 Å². The zero-order chi connectivity index (χ0) is 16.6. The quantitative estimate of drug-likeness (QED) is 0.718. The van der Waals surface area contributed by atoms with E-state index >= 15 is 0 Å². The molecule has 2 amide bonds. The van der Waals surface area contributed by atoms with Crippen LogP contribution in [0.3, 0.4) is 0 Å². The van der Waals surface area contributed by atoms with E-state index in [-0.39, 0.29) is 12.6 Å². The lowest BCUT2D eigenvalue weighted by Gasteiger charge is -2.15. The summed E-state index contributed by atoms with van der Waals surface area (Å²) in [5, 5.41) is 5.18. The van der Waals surface area contributed by atoms with Crippen molar-refractivity contribution in [1.82, 2.24) is 5.32 Å². The summed E-state index contributed by atoms with van der Waals surface area (Å²) in [6.45, 7) is 0.818. The summed E-state index contributed by atoms with van der Waals surface area (Å²) in [6, 6.07) is 5.92. The summed E-state index contributed by atoms with van der Waals surface area (Å²) in [5.41, 5.74) is 0.939. The number of anilines is 1. The van der Waals surface area contributed by atoms with E-state index in [0.717, 1.165) is 6.42 Å². The molecule has 0 aliphatic heterocycles.